The number of aromatic nitrogens is 5. The van der Waals surface area contributed by atoms with E-state index in [1.807, 2.05) is 42.6 Å². The first-order chi connectivity index (χ1) is 11.7. The van der Waals surface area contributed by atoms with E-state index >= 15 is 0 Å². The van der Waals surface area contributed by atoms with Gasteiger partial charge in [0.2, 0.25) is 5.16 Å². The van der Waals surface area contributed by atoms with Crippen molar-refractivity contribution in [3.8, 4) is 10.7 Å². The molecule has 0 saturated carbocycles. The number of para-hydroxylation sites is 1. The summed E-state index contributed by atoms with van der Waals surface area (Å²) >= 11 is 3.06. The third kappa shape index (κ3) is 2.85. The molecule has 6 nitrogen and oxygen atoms in total. The van der Waals surface area contributed by atoms with Crippen molar-refractivity contribution in [1.29, 1.82) is 0 Å². The minimum atomic E-state index is -0.127. The first kappa shape index (κ1) is 15.1. The van der Waals surface area contributed by atoms with E-state index in [0.29, 0.717) is 21.9 Å². The number of thiophene rings is 1. The average molecular weight is 355 g/mol. The highest BCUT2D eigenvalue weighted by Crippen LogP contribution is 2.32. The van der Waals surface area contributed by atoms with Crippen LogP contribution in [-0.4, -0.2) is 25.1 Å². The Bertz CT molecular complexity index is 1040. The lowest BCUT2D eigenvalue weighted by Crippen LogP contribution is -2.12. The van der Waals surface area contributed by atoms with Crippen molar-refractivity contribution in [2.45, 2.75) is 17.3 Å². The van der Waals surface area contributed by atoms with E-state index in [9.17, 15) is 4.79 Å². The van der Waals surface area contributed by atoms with Gasteiger partial charge in [-0.05, 0) is 30.5 Å². The number of fused-ring (bicyclic) bond motifs is 1. The number of nitrogens with zero attached hydrogens (tertiary/aromatic N) is 3. The summed E-state index contributed by atoms with van der Waals surface area (Å²) in [6.45, 7) is 1.97. The minimum absolute atomic E-state index is 0.0747. The molecule has 0 fully saturated rings. The fraction of sp³-hybridized carbons (Fsp3) is 0.125. The van der Waals surface area contributed by atoms with Crippen LogP contribution in [0.4, 0.5) is 0 Å². The molecule has 0 amide bonds. The normalized spacial score (nSPS) is 12.5. The fourth-order valence-electron chi connectivity index (χ4n) is 2.33. The molecule has 1 atom stereocenters. The molecule has 4 rings (SSSR count). The fourth-order valence-corrected chi connectivity index (χ4v) is 3.78. The average Bonchev–Trinajstić information content (AvgIpc) is 3.26. The van der Waals surface area contributed by atoms with Crippen molar-refractivity contribution < 1.29 is 0 Å². The van der Waals surface area contributed by atoms with E-state index in [0.717, 1.165) is 10.7 Å². The Morgan fingerprint density at radius 1 is 1.17 bits per heavy atom. The summed E-state index contributed by atoms with van der Waals surface area (Å²) in [5.41, 5.74) is 0.565. The minimum Gasteiger partial charge on any atom is -0.309 e. The summed E-state index contributed by atoms with van der Waals surface area (Å²) in [6, 6.07) is 11.3. The lowest BCUT2D eigenvalue weighted by Gasteiger charge is -2.08. The predicted molar refractivity (Wildman–Crippen MR) is 96.3 cm³/mol. The third-order valence-corrected chi connectivity index (χ3v) is 5.36. The quantitative estimate of drug-likeness (QED) is 0.546. The lowest BCUT2D eigenvalue weighted by molar-refractivity contribution is 0.904. The van der Waals surface area contributed by atoms with Gasteiger partial charge in [-0.2, -0.15) is 0 Å². The summed E-state index contributed by atoms with van der Waals surface area (Å²) in [7, 11) is 0. The Morgan fingerprint density at radius 3 is 2.88 bits per heavy atom. The molecule has 8 heteroatoms. The number of hydrogen-bond donors (Lipinski definition) is 2. The molecule has 1 unspecified atom stereocenters. The zero-order valence-electron chi connectivity index (χ0n) is 12.7. The van der Waals surface area contributed by atoms with Gasteiger partial charge in [0, 0.05) is 0 Å². The Balaban J connectivity index is 1.60. The molecule has 0 bridgehead atoms. The number of thioether (sulfide) groups is 1. The van der Waals surface area contributed by atoms with Crippen LogP contribution in [0.5, 0.6) is 0 Å². The van der Waals surface area contributed by atoms with Gasteiger partial charge in [0.1, 0.15) is 5.82 Å². The van der Waals surface area contributed by atoms with Crippen LogP contribution >= 0.6 is 23.1 Å². The first-order valence-corrected chi connectivity index (χ1v) is 9.08. The number of benzene rings is 1. The van der Waals surface area contributed by atoms with E-state index in [4.69, 9.17) is 0 Å². The van der Waals surface area contributed by atoms with Crippen LogP contribution in [0.15, 0.2) is 51.7 Å². The van der Waals surface area contributed by atoms with Gasteiger partial charge in [0.25, 0.3) is 5.56 Å². The maximum absolute atomic E-state index is 12.2. The summed E-state index contributed by atoms with van der Waals surface area (Å²) in [6.07, 6.45) is 0. The summed E-state index contributed by atoms with van der Waals surface area (Å²) in [5.74, 6) is 1.37. The van der Waals surface area contributed by atoms with Crippen LogP contribution in [0.3, 0.4) is 0 Å². The number of nitrogens with one attached hydrogen (secondary N) is 2. The van der Waals surface area contributed by atoms with Gasteiger partial charge in [-0.25, -0.2) is 9.97 Å². The van der Waals surface area contributed by atoms with Gasteiger partial charge in [-0.3, -0.25) is 9.89 Å². The van der Waals surface area contributed by atoms with Crippen LogP contribution in [0.25, 0.3) is 21.6 Å². The number of aromatic amines is 2. The second kappa shape index (κ2) is 6.21. The summed E-state index contributed by atoms with van der Waals surface area (Å²) in [4.78, 5) is 25.1. The molecule has 0 saturated heterocycles. The maximum Gasteiger partial charge on any atom is 0.258 e. The van der Waals surface area contributed by atoms with Crippen molar-refractivity contribution >= 4 is 34.0 Å². The molecule has 24 heavy (non-hydrogen) atoms. The topological polar surface area (TPSA) is 87.3 Å². The molecule has 120 valence electrons. The van der Waals surface area contributed by atoms with Crippen molar-refractivity contribution in [2.75, 3.05) is 0 Å². The third-order valence-electron chi connectivity index (χ3n) is 3.52. The van der Waals surface area contributed by atoms with Crippen LogP contribution in [0.2, 0.25) is 0 Å². The summed E-state index contributed by atoms with van der Waals surface area (Å²) < 4.78 is 0. The molecule has 0 radical (unpaired) electrons. The van der Waals surface area contributed by atoms with Gasteiger partial charge in [0.15, 0.2) is 5.82 Å². The zero-order chi connectivity index (χ0) is 16.5. The second-order valence-electron chi connectivity index (χ2n) is 5.17. The molecule has 0 aliphatic heterocycles. The van der Waals surface area contributed by atoms with Gasteiger partial charge in [-0.15, -0.1) is 16.4 Å². The van der Waals surface area contributed by atoms with Gasteiger partial charge < -0.3 is 4.98 Å². The molecular formula is C16H13N5OS2. The van der Waals surface area contributed by atoms with Crippen LogP contribution < -0.4 is 5.56 Å². The zero-order valence-corrected chi connectivity index (χ0v) is 14.3. The Kier molecular flexibility index (Phi) is 3.91. The largest absolute Gasteiger partial charge is 0.309 e. The van der Waals surface area contributed by atoms with E-state index in [1.165, 1.54) is 11.8 Å². The highest BCUT2D eigenvalue weighted by atomic mass is 32.2. The van der Waals surface area contributed by atoms with Crippen LogP contribution in [0.1, 0.15) is 18.0 Å². The molecule has 3 aromatic heterocycles. The molecule has 0 aliphatic carbocycles. The molecule has 2 N–H and O–H groups in total. The maximum atomic E-state index is 12.2. The number of hydrogen-bond acceptors (Lipinski definition) is 6. The van der Waals surface area contributed by atoms with E-state index in [-0.39, 0.29) is 10.8 Å². The van der Waals surface area contributed by atoms with Crippen molar-refractivity contribution in [3.63, 3.8) is 0 Å². The highest BCUT2D eigenvalue weighted by Gasteiger charge is 2.15. The molecule has 3 heterocycles. The predicted octanol–water partition coefficient (Wildman–Crippen LogP) is 3.62. The lowest BCUT2D eigenvalue weighted by atomic mass is 10.2. The smallest absolute Gasteiger partial charge is 0.258 e. The summed E-state index contributed by atoms with van der Waals surface area (Å²) in [5, 5.41) is 10.3. The van der Waals surface area contributed by atoms with E-state index in [2.05, 4.69) is 25.1 Å². The molecule has 1 aromatic carbocycles. The van der Waals surface area contributed by atoms with Crippen molar-refractivity contribution in [1.82, 2.24) is 25.1 Å². The second-order valence-corrected chi connectivity index (χ2v) is 7.43. The van der Waals surface area contributed by atoms with Crippen LogP contribution in [-0.2, 0) is 0 Å². The molecular weight excluding hydrogens is 342 g/mol. The van der Waals surface area contributed by atoms with E-state index < -0.39 is 0 Å². The Morgan fingerprint density at radius 2 is 2.04 bits per heavy atom. The number of H-pyrrole nitrogens is 2. The van der Waals surface area contributed by atoms with Crippen molar-refractivity contribution in [2.24, 2.45) is 0 Å². The van der Waals surface area contributed by atoms with Gasteiger partial charge >= 0.3 is 0 Å². The highest BCUT2D eigenvalue weighted by molar-refractivity contribution is 7.99. The first-order valence-electron chi connectivity index (χ1n) is 7.32. The monoisotopic (exact) mass is 355 g/mol. The Hall–Kier alpha value is -2.45. The van der Waals surface area contributed by atoms with Gasteiger partial charge in [0.05, 0.1) is 21.0 Å². The SMILES string of the molecule is CC(Sc1n[nH]c(-c2cccs2)n1)c1nc2ccccc2c(=O)[nH]1. The standard InChI is InChI=1S/C16H13N5OS2/c1-9(13-17-11-6-3-2-5-10(11)15(22)18-13)24-16-19-14(20-21-16)12-7-4-8-23-12/h2-9H,1H3,(H,17,18,22)(H,19,20,21). The molecule has 0 aliphatic rings. The van der Waals surface area contributed by atoms with E-state index in [1.54, 1.807) is 17.4 Å². The Labute approximate surface area is 145 Å². The van der Waals surface area contributed by atoms with Crippen molar-refractivity contribution in [3.05, 3.63) is 58.0 Å². The number of rotatable bonds is 4. The van der Waals surface area contributed by atoms with Gasteiger partial charge in [-0.1, -0.05) is 30.0 Å². The molecule has 4 aromatic rings. The molecule has 0 spiro atoms. The van der Waals surface area contributed by atoms with Crippen LogP contribution in [0, 0.1) is 0 Å².